The molecule has 5 heteroatoms. The molecule has 1 aromatic rings. The third-order valence-corrected chi connectivity index (χ3v) is 4.19. The van der Waals surface area contributed by atoms with E-state index in [1.54, 1.807) is 19.1 Å². The van der Waals surface area contributed by atoms with Crippen LogP contribution in [0.25, 0.3) is 0 Å². The number of aromatic hydroxyl groups is 1. The first kappa shape index (κ1) is 13.3. The summed E-state index contributed by atoms with van der Waals surface area (Å²) in [6.07, 6.45) is -0.449. The number of hydrogen-bond donors (Lipinski definition) is 4. The van der Waals surface area contributed by atoms with E-state index in [0.717, 1.165) is 5.56 Å². The topological polar surface area (TPSA) is 98.0 Å². The van der Waals surface area contributed by atoms with E-state index in [1.165, 1.54) is 12.1 Å². The van der Waals surface area contributed by atoms with Crippen molar-refractivity contribution in [1.29, 1.82) is 0 Å². The summed E-state index contributed by atoms with van der Waals surface area (Å²) in [5.41, 5.74) is 1.17. The van der Waals surface area contributed by atoms with Crippen molar-refractivity contribution in [3.63, 3.8) is 0 Å². The summed E-state index contributed by atoms with van der Waals surface area (Å²) in [5.74, 6) is -2.16. The number of Topliss-reactive ketones (excluding diaryl/α,β-unsaturated/α-hetero) is 1. The first-order chi connectivity index (χ1) is 9.41. The maximum Gasteiger partial charge on any atom is 0.173 e. The van der Waals surface area contributed by atoms with Gasteiger partial charge in [-0.2, -0.15) is 0 Å². The average Bonchev–Trinajstić information content (AvgIpc) is 2.38. The molecule has 0 fully saturated rings. The van der Waals surface area contributed by atoms with Gasteiger partial charge in [0.25, 0.3) is 0 Å². The van der Waals surface area contributed by atoms with Gasteiger partial charge in [-0.25, -0.2) is 0 Å². The van der Waals surface area contributed by atoms with E-state index in [2.05, 4.69) is 0 Å². The van der Waals surface area contributed by atoms with Crippen molar-refractivity contribution in [2.24, 2.45) is 11.8 Å². The second-order valence-electron chi connectivity index (χ2n) is 5.53. The smallest absolute Gasteiger partial charge is 0.173 e. The quantitative estimate of drug-likeness (QED) is 0.516. The number of aliphatic hydroxyl groups is 3. The normalized spacial score (nSPS) is 35.6. The highest BCUT2D eigenvalue weighted by Gasteiger charge is 2.48. The minimum Gasteiger partial charge on any atom is -0.507 e. The molecule has 2 aliphatic carbocycles. The van der Waals surface area contributed by atoms with Gasteiger partial charge in [-0.05, 0) is 24.1 Å². The van der Waals surface area contributed by atoms with E-state index in [9.17, 15) is 25.2 Å². The minimum atomic E-state index is -1.28. The van der Waals surface area contributed by atoms with Crippen LogP contribution < -0.4 is 0 Å². The Bertz CT molecular complexity index is 607. The highest BCUT2D eigenvalue weighted by molar-refractivity contribution is 6.03. The molecular formula is C15H16O5. The second kappa shape index (κ2) is 4.41. The van der Waals surface area contributed by atoms with Crippen molar-refractivity contribution in [3.05, 3.63) is 41.0 Å². The molecule has 106 valence electrons. The first-order valence-corrected chi connectivity index (χ1v) is 6.52. The summed E-state index contributed by atoms with van der Waals surface area (Å²) in [7, 11) is 0. The molecule has 5 nitrogen and oxygen atoms in total. The molecule has 0 spiro atoms. The van der Waals surface area contributed by atoms with Crippen LogP contribution >= 0.6 is 0 Å². The van der Waals surface area contributed by atoms with Crippen LogP contribution in [0.5, 0.6) is 5.75 Å². The highest BCUT2D eigenvalue weighted by Crippen LogP contribution is 2.45. The molecule has 1 aromatic carbocycles. The molecule has 0 amide bonds. The van der Waals surface area contributed by atoms with Crippen LogP contribution in [0, 0.1) is 18.8 Å². The summed E-state index contributed by atoms with van der Waals surface area (Å²) < 4.78 is 0. The van der Waals surface area contributed by atoms with Crippen LogP contribution in [0.15, 0.2) is 24.3 Å². The van der Waals surface area contributed by atoms with Crippen molar-refractivity contribution in [2.75, 3.05) is 0 Å². The van der Waals surface area contributed by atoms with Crippen LogP contribution in [0.1, 0.15) is 27.6 Å². The molecule has 5 atom stereocenters. The zero-order valence-electron chi connectivity index (χ0n) is 10.9. The van der Waals surface area contributed by atoms with Crippen LogP contribution in [0.2, 0.25) is 0 Å². The molecular weight excluding hydrogens is 260 g/mol. The Balaban J connectivity index is 2.19. The number of carbonyl (C=O) groups excluding carboxylic acids is 1. The van der Waals surface area contributed by atoms with Gasteiger partial charge in [-0.3, -0.25) is 4.79 Å². The van der Waals surface area contributed by atoms with Gasteiger partial charge in [0.15, 0.2) is 5.78 Å². The van der Waals surface area contributed by atoms with Crippen LogP contribution in [0.3, 0.4) is 0 Å². The number of benzene rings is 1. The molecule has 3 rings (SSSR count). The molecule has 0 aliphatic heterocycles. The Hall–Kier alpha value is -1.69. The van der Waals surface area contributed by atoms with Gasteiger partial charge in [0.2, 0.25) is 0 Å². The van der Waals surface area contributed by atoms with Gasteiger partial charge in [-0.1, -0.05) is 18.2 Å². The third-order valence-electron chi connectivity index (χ3n) is 4.19. The van der Waals surface area contributed by atoms with Gasteiger partial charge >= 0.3 is 0 Å². The van der Waals surface area contributed by atoms with Crippen molar-refractivity contribution in [3.8, 4) is 5.75 Å². The molecule has 0 saturated carbocycles. The molecule has 0 saturated heterocycles. The Kier molecular flexibility index (Phi) is 2.93. The van der Waals surface area contributed by atoms with E-state index in [-0.39, 0.29) is 11.3 Å². The highest BCUT2D eigenvalue weighted by atomic mass is 16.3. The molecule has 20 heavy (non-hydrogen) atoms. The van der Waals surface area contributed by atoms with Crippen molar-refractivity contribution in [1.82, 2.24) is 0 Å². The lowest BCUT2D eigenvalue weighted by Gasteiger charge is -2.40. The average molecular weight is 276 g/mol. The lowest BCUT2D eigenvalue weighted by atomic mass is 9.67. The lowest BCUT2D eigenvalue weighted by molar-refractivity contribution is -0.0337. The number of phenolic OH excluding ortho intramolecular Hbond substituents is 1. The lowest BCUT2D eigenvalue weighted by Crippen LogP contribution is -2.48. The number of ketones is 1. The summed E-state index contributed by atoms with van der Waals surface area (Å²) >= 11 is 0. The zero-order chi connectivity index (χ0) is 14.6. The monoisotopic (exact) mass is 276 g/mol. The summed E-state index contributed by atoms with van der Waals surface area (Å²) in [6.45, 7) is 1.76. The number of carbonyl (C=O) groups is 1. The second-order valence-corrected chi connectivity index (χ2v) is 5.53. The number of hydrogen-bond acceptors (Lipinski definition) is 5. The first-order valence-electron chi connectivity index (χ1n) is 6.52. The molecule has 0 aromatic heterocycles. The Morgan fingerprint density at radius 1 is 1.10 bits per heavy atom. The number of rotatable bonds is 0. The summed E-state index contributed by atoms with van der Waals surface area (Å²) in [4.78, 5) is 12.5. The van der Waals surface area contributed by atoms with Crippen LogP contribution in [0.4, 0.5) is 0 Å². The summed E-state index contributed by atoms with van der Waals surface area (Å²) in [6, 6.07) is 3.12. The van der Waals surface area contributed by atoms with Gasteiger partial charge in [0, 0.05) is 5.92 Å². The predicted molar refractivity (Wildman–Crippen MR) is 70.3 cm³/mol. The molecule has 2 aliphatic rings. The van der Waals surface area contributed by atoms with Gasteiger partial charge in [0.05, 0.1) is 29.8 Å². The Morgan fingerprint density at radius 2 is 1.80 bits per heavy atom. The number of aliphatic hydroxyl groups excluding tert-OH is 3. The van der Waals surface area contributed by atoms with Crippen molar-refractivity contribution >= 4 is 5.78 Å². The van der Waals surface area contributed by atoms with Gasteiger partial charge in [0.1, 0.15) is 5.75 Å². The maximum atomic E-state index is 12.5. The Morgan fingerprint density at radius 3 is 2.50 bits per heavy atom. The van der Waals surface area contributed by atoms with Gasteiger partial charge < -0.3 is 20.4 Å². The SMILES string of the molecule is Cc1cc(O)c2c(c1)[C@H](O)[C@H]1C=C[C@@H](O)[C@H](O)[C@@H]1C2=O. The maximum absolute atomic E-state index is 12.5. The standard InChI is InChI=1S/C15H16O5/c1-6-4-8-11(10(17)5-6)15(20)12-7(13(8)18)2-3-9(16)14(12)19/h2-5,7,9,12-14,16-19H,1H3/t7-,9+,12+,13+,14-/m0/s1. The van der Waals surface area contributed by atoms with E-state index in [4.69, 9.17) is 0 Å². The van der Waals surface area contributed by atoms with E-state index >= 15 is 0 Å². The molecule has 0 unspecified atom stereocenters. The number of aryl methyl sites for hydroxylation is 1. The van der Waals surface area contributed by atoms with Crippen molar-refractivity contribution in [2.45, 2.75) is 25.2 Å². The summed E-state index contributed by atoms with van der Waals surface area (Å²) in [5, 5.41) is 40.1. The predicted octanol–water partition coefficient (Wildman–Crippen LogP) is 0.454. The fourth-order valence-electron chi connectivity index (χ4n) is 3.22. The minimum absolute atomic E-state index is 0.0471. The Labute approximate surface area is 115 Å². The number of phenols is 1. The zero-order valence-corrected chi connectivity index (χ0v) is 10.9. The molecule has 0 radical (unpaired) electrons. The van der Waals surface area contributed by atoms with E-state index < -0.39 is 35.9 Å². The molecule has 0 bridgehead atoms. The van der Waals surface area contributed by atoms with Gasteiger partial charge in [-0.15, -0.1) is 0 Å². The number of fused-ring (bicyclic) bond motifs is 2. The largest absolute Gasteiger partial charge is 0.507 e. The van der Waals surface area contributed by atoms with E-state index in [1.807, 2.05) is 0 Å². The fourth-order valence-corrected chi connectivity index (χ4v) is 3.22. The van der Waals surface area contributed by atoms with Crippen LogP contribution in [-0.4, -0.2) is 38.4 Å². The van der Waals surface area contributed by atoms with Crippen LogP contribution in [-0.2, 0) is 0 Å². The third kappa shape index (κ3) is 1.71. The van der Waals surface area contributed by atoms with E-state index in [0.29, 0.717) is 5.56 Å². The fraction of sp³-hybridized carbons (Fsp3) is 0.400. The molecule has 4 N–H and O–H groups in total. The van der Waals surface area contributed by atoms with Crippen molar-refractivity contribution < 1.29 is 25.2 Å². The molecule has 0 heterocycles.